The molecule has 1 N–H and O–H groups in total. The number of para-hydroxylation sites is 1. The summed E-state index contributed by atoms with van der Waals surface area (Å²) < 4.78 is 0. The molecule has 0 spiro atoms. The number of fused-ring (bicyclic) bond motifs is 2. The van der Waals surface area contributed by atoms with E-state index in [0.29, 0.717) is 17.6 Å². The SMILES string of the molecule is CC1CC2CC(C)CC(c3cc(-c4ccccc4)cc(C=Nc4ccccc4-c4cccc(C(C)(C)c5ccccc5)c4)c3O)(C1)C2. The molecule has 238 valence electrons. The van der Waals surface area contributed by atoms with Gasteiger partial charge < -0.3 is 5.11 Å². The molecular formula is C45H47NO. The molecule has 2 heteroatoms. The largest absolute Gasteiger partial charge is 0.507 e. The Morgan fingerprint density at radius 1 is 0.660 bits per heavy atom. The van der Waals surface area contributed by atoms with Gasteiger partial charge in [0.2, 0.25) is 0 Å². The van der Waals surface area contributed by atoms with Gasteiger partial charge in [-0.3, -0.25) is 4.99 Å². The quantitative estimate of drug-likeness (QED) is 0.181. The molecule has 5 aromatic carbocycles. The van der Waals surface area contributed by atoms with Crippen LogP contribution in [0.1, 0.15) is 82.1 Å². The average molecular weight is 618 g/mol. The Morgan fingerprint density at radius 3 is 2.00 bits per heavy atom. The zero-order valence-electron chi connectivity index (χ0n) is 28.3. The summed E-state index contributed by atoms with van der Waals surface area (Å²) in [4.78, 5) is 5.11. The first-order valence-electron chi connectivity index (χ1n) is 17.4. The highest BCUT2D eigenvalue weighted by Gasteiger charge is 2.46. The van der Waals surface area contributed by atoms with Crippen molar-refractivity contribution < 1.29 is 5.11 Å². The summed E-state index contributed by atoms with van der Waals surface area (Å²) >= 11 is 0. The van der Waals surface area contributed by atoms with Crippen LogP contribution in [-0.4, -0.2) is 11.3 Å². The number of aromatic hydroxyl groups is 1. The number of phenols is 1. The summed E-state index contributed by atoms with van der Waals surface area (Å²) in [5, 5.41) is 12.1. The van der Waals surface area contributed by atoms with Crippen LogP contribution in [0.25, 0.3) is 22.3 Å². The molecule has 47 heavy (non-hydrogen) atoms. The lowest BCUT2D eigenvalue weighted by atomic mass is 9.54. The van der Waals surface area contributed by atoms with Gasteiger partial charge in [0.25, 0.3) is 0 Å². The minimum absolute atomic E-state index is 0.00136. The number of phenolic OH excluding ortho intramolecular Hbond substituents is 1. The third kappa shape index (κ3) is 6.19. The van der Waals surface area contributed by atoms with Crippen LogP contribution in [0.15, 0.2) is 126 Å². The van der Waals surface area contributed by atoms with Crippen molar-refractivity contribution in [1.29, 1.82) is 0 Å². The lowest BCUT2D eigenvalue weighted by molar-refractivity contribution is 0.0763. The molecule has 5 aromatic rings. The predicted molar refractivity (Wildman–Crippen MR) is 198 cm³/mol. The highest BCUT2D eigenvalue weighted by molar-refractivity contribution is 5.91. The number of hydrogen-bond acceptors (Lipinski definition) is 2. The molecule has 0 aromatic heterocycles. The van der Waals surface area contributed by atoms with Crippen LogP contribution >= 0.6 is 0 Å². The van der Waals surface area contributed by atoms with Gasteiger partial charge in [0.05, 0.1) is 5.69 Å². The van der Waals surface area contributed by atoms with Crippen molar-refractivity contribution in [2.75, 3.05) is 0 Å². The summed E-state index contributed by atoms with van der Waals surface area (Å²) in [6.07, 6.45) is 7.95. The molecule has 2 aliphatic rings. The number of aliphatic imine (C=N–C) groups is 1. The van der Waals surface area contributed by atoms with E-state index >= 15 is 0 Å². The normalized spacial score (nSPS) is 22.8. The van der Waals surface area contributed by atoms with Crippen LogP contribution in [0.3, 0.4) is 0 Å². The second-order valence-electron chi connectivity index (χ2n) is 15.1. The van der Waals surface area contributed by atoms with E-state index in [1.165, 1.54) is 36.0 Å². The highest BCUT2D eigenvalue weighted by Crippen LogP contribution is 2.56. The molecule has 0 radical (unpaired) electrons. The van der Waals surface area contributed by atoms with Gasteiger partial charge in [0.15, 0.2) is 0 Å². The van der Waals surface area contributed by atoms with Crippen molar-refractivity contribution in [1.82, 2.24) is 0 Å². The van der Waals surface area contributed by atoms with Crippen LogP contribution in [0.2, 0.25) is 0 Å². The third-order valence-electron chi connectivity index (χ3n) is 11.1. The standard InChI is InChI=1S/C45H47NO/c1-31-22-33-23-32(2)28-45(27-31,29-33)41-26-36(34-14-7-5-8-15-34)24-37(43(41)47)30-46-42-21-12-11-20-40(42)35-16-13-19-39(25-35)44(3,4)38-17-9-6-10-18-38/h5-21,24-26,30-33,47H,22-23,27-29H2,1-4H3. The van der Waals surface area contributed by atoms with Crippen molar-refractivity contribution >= 4 is 11.9 Å². The van der Waals surface area contributed by atoms with E-state index < -0.39 is 0 Å². The fourth-order valence-corrected chi connectivity index (χ4v) is 9.06. The van der Waals surface area contributed by atoms with Crippen molar-refractivity contribution in [3.05, 3.63) is 144 Å². The molecule has 2 fully saturated rings. The fraction of sp³-hybridized carbons (Fsp3) is 0.311. The van der Waals surface area contributed by atoms with Crippen molar-refractivity contribution in [3.63, 3.8) is 0 Å². The van der Waals surface area contributed by atoms with Gasteiger partial charge in [-0.1, -0.05) is 131 Å². The Morgan fingerprint density at radius 2 is 1.28 bits per heavy atom. The summed E-state index contributed by atoms with van der Waals surface area (Å²) in [6.45, 7) is 9.38. The van der Waals surface area contributed by atoms with Gasteiger partial charge in [-0.25, -0.2) is 0 Å². The van der Waals surface area contributed by atoms with Crippen molar-refractivity contribution in [3.8, 4) is 28.0 Å². The van der Waals surface area contributed by atoms with E-state index in [1.807, 2.05) is 12.3 Å². The van der Waals surface area contributed by atoms with Crippen LogP contribution in [0.4, 0.5) is 5.69 Å². The van der Waals surface area contributed by atoms with E-state index in [0.717, 1.165) is 52.3 Å². The molecule has 2 saturated carbocycles. The lowest BCUT2D eigenvalue weighted by Gasteiger charge is -2.50. The molecule has 2 unspecified atom stereocenters. The van der Waals surface area contributed by atoms with Gasteiger partial charge in [-0.15, -0.1) is 0 Å². The van der Waals surface area contributed by atoms with Crippen LogP contribution in [0, 0.1) is 17.8 Å². The predicted octanol–water partition coefficient (Wildman–Crippen LogP) is 11.9. The molecule has 7 rings (SSSR count). The monoisotopic (exact) mass is 617 g/mol. The van der Waals surface area contributed by atoms with Crippen molar-refractivity contribution in [2.24, 2.45) is 22.7 Å². The number of benzene rings is 5. The lowest BCUT2D eigenvalue weighted by Crippen LogP contribution is -2.42. The number of hydrogen-bond donors (Lipinski definition) is 1. The molecule has 2 nitrogen and oxygen atoms in total. The zero-order valence-corrected chi connectivity index (χ0v) is 28.3. The van der Waals surface area contributed by atoms with E-state index in [2.05, 4.69) is 143 Å². The zero-order chi connectivity index (χ0) is 32.6. The molecule has 0 aliphatic heterocycles. The minimum Gasteiger partial charge on any atom is -0.507 e. The Balaban J connectivity index is 1.30. The highest BCUT2D eigenvalue weighted by atomic mass is 16.3. The second-order valence-corrected chi connectivity index (χ2v) is 15.1. The minimum atomic E-state index is -0.138. The van der Waals surface area contributed by atoms with E-state index in [4.69, 9.17) is 4.99 Å². The Labute approximate surface area is 281 Å². The fourth-order valence-electron chi connectivity index (χ4n) is 9.06. The molecule has 0 saturated heterocycles. The van der Waals surface area contributed by atoms with E-state index in [1.54, 1.807) is 0 Å². The summed E-state index contributed by atoms with van der Waals surface area (Å²) in [5.41, 5.74) is 9.75. The second kappa shape index (κ2) is 12.6. The van der Waals surface area contributed by atoms with Gasteiger partial charge in [-0.05, 0) is 101 Å². The topological polar surface area (TPSA) is 32.6 Å². The Kier molecular flexibility index (Phi) is 8.39. The molecule has 2 aliphatic carbocycles. The first-order valence-corrected chi connectivity index (χ1v) is 17.4. The number of rotatable bonds is 7. The van der Waals surface area contributed by atoms with Crippen LogP contribution in [0.5, 0.6) is 5.75 Å². The summed E-state index contributed by atoms with van der Waals surface area (Å²) in [7, 11) is 0. The molecule has 2 bridgehead atoms. The third-order valence-corrected chi connectivity index (χ3v) is 11.1. The Bertz CT molecular complexity index is 1870. The summed E-state index contributed by atoms with van der Waals surface area (Å²) in [6, 6.07) is 42.9. The number of nitrogens with zero attached hydrogens (tertiary/aromatic N) is 1. The first-order chi connectivity index (χ1) is 22.7. The average Bonchev–Trinajstić information content (AvgIpc) is 3.08. The maximum atomic E-state index is 12.1. The maximum Gasteiger partial charge on any atom is 0.128 e. The van der Waals surface area contributed by atoms with Gasteiger partial charge >= 0.3 is 0 Å². The molecular weight excluding hydrogens is 571 g/mol. The summed E-state index contributed by atoms with van der Waals surface area (Å²) in [5.74, 6) is 2.45. The van der Waals surface area contributed by atoms with E-state index in [9.17, 15) is 5.11 Å². The van der Waals surface area contributed by atoms with Crippen LogP contribution in [-0.2, 0) is 10.8 Å². The molecule has 0 heterocycles. The first kappa shape index (κ1) is 31.2. The molecule has 0 amide bonds. The van der Waals surface area contributed by atoms with E-state index in [-0.39, 0.29) is 10.8 Å². The maximum absolute atomic E-state index is 12.1. The van der Waals surface area contributed by atoms with Gasteiger partial charge in [0.1, 0.15) is 5.75 Å². The van der Waals surface area contributed by atoms with Gasteiger partial charge in [0, 0.05) is 28.3 Å². The van der Waals surface area contributed by atoms with Gasteiger partial charge in [-0.2, -0.15) is 0 Å². The van der Waals surface area contributed by atoms with Crippen LogP contribution < -0.4 is 0 Å². The van der Waals surface area contributed by atoms with Crippen molar-refractivity contribution in [2.45, 2.75) is 70.6 Å². The Hall–Kier alpha value is -4.43. The smallest absolute Gasteiger partial charge is 0.128 e. The molecule has 2 atom stereocenters.